The van der Waals surface area contributed by atoms with E-state index in [-0.39, 0.29) is 11.6 Å². The fourth-order valence-electron chi connectivity index (χ4n) is 4.14. The summed E-state index contributed by atoms with van der Waals surface area (Å²) in [6, 6.07) is 2.79. The maximum Gasteiger partial charge on any atom is 0.416 e. The zero-order valence-corrected chi connectivity index (χ0v) is 16.0. The molecule has 0 spiro atoms. The van der Waals surface area contributed by atoms with Crippen LogP contribution in [0.2, 0.25) is 0 Å². The molecule has 0 radical (unpaired) electrons. The van der Waals surface area contributed by atoms with Crippen molar-refractivity contribution in [1.29, 1.82) is 0 Å². The number of hydrogen-bond acceptors (Lipinski definition) is 6. The van der Waals surface area contributed by atoms with Gasteiger partial charge in [-0.15, -0.1) is 10.2 Å². The summed E-state index contributed by atoms with van der Waals surface area (Å²) in [6.07, 6.45) is -1.36. The average Bonchev–Trinajstić information content (AvgIpc) is 3.05. The predicted octanol–water partition coefficient (Wildman–Crippen LogP) is 3.53. The van der Waals surface area contributed by atoms with Crippen LogP contribution >= 0.6 is 0 Å². The molecule has 2 heterocycles. The number of phenols is 1. The normalized spacial score (nSPS) is 22.5. The van der Waals surface area contributed by atoms with E-state index in [1.807, 2.05) is 11.9 Å². The van der Waals surface area contributed by atoms with Gasteiger partial charge >= 0.3 is 6.18 Å². The fourth-order valence-corrected chi connectivity index (χ4v) is 4.14. The summed E-state index contributed by atoms with van der Waals surface area (Å²) in [5, 5.41) is 32.3. The third-order valence-electron chi connectivity index (χ3n) is 5.67. The molecule has 2 aliphatic rings. The Balaban J connectivity index is 1.71. The van der Waals surface area contributed by atoms with Crippen molar-refractivity contribution < 1.29 is 23.4 Å². The van der Waals surface area contributed by atoms with Gasteiger partial charge in [0.05, 0.1) is 17.7 Å². The number of nitrogens with zero attached hydrogens (tertiary/aromatic N) is 3. The third kappa shape index (κ3) is 3.89. The zero-order valence-electron chi connectivity index (χ0n) is 16.0. The number of rotatable bonds is 3. The molecule has 6 nitrogen and oxygen atoms in total. The van der Waals surface area contributed by atoms with E-state index in [4.69, 9.17) is 0 Å². The van der Waals surface area contributed by atoms with Crippen molar-refractivity contribution in [1.82, 2.24) is 15.1 Å². The number of phenolic OH excluding ortho intramolecular Hbond substituents is 1. The number of hydrogen-bond donors (Lipinski definition) is 3. The molecule has 1 aromatic carbocycles. The lowest BCUT2D eigenvalue weighted by molar-refractivity contribution is -0.137. The minimum absolute atomic E-state index is 0.0987. The summed E-state index contributed by atoms with van der Waals surface area (Å²) in [7, 11) is 1.93. The Hall–Kier alpha value is -2.39. The lowest BCUT2D eigenvalue weighted by atomic mass is 9.92. The number of alkyl halides is 3. The molecule has 2 aromatic rings. The Kier molecular flexibility index (Phi) is 5.12. The van der Waals surface area contributed by atoms with Crippen LogP contribution in [0.3, 0.4) is 0 Å². The Morgan fingerprint density at radius 3 is 2.52 bits per heavy atom. The highest BCUT2D eigenvalue weighted by molar-refractivity contribution is 5.73. The molecule has 4 rings (SSSR count). The average molecular weight is 408 g/mol. The minimum Gasteiger partial charge on any atom is -0.507 e. The Labute approximate surface area is 166 Å². The van der Waals surface area contributed by atoms with Crippen LogP contribution in [0.5, 0.6) is 5.75 Å². The molecule has 1 saturated carbocycles. The molecule has 1 fully saturated rings. The maximum atomic E-state index is 12.9. The van der Waals surface area contributed by atoms with Gasteiger partial charge in [-0.05, 0) is 38.1 Å². The number of aromatic nitrogens is 2. The van der Waals surface area contributed by atoms with Crippen LogP contribution in [0.25, 0.3) is 11.3 Å². The zero-order chi connectivity index (χ0) is 20.8. The first-order valence-corrected chi connectivity index (χ1v) is 9.66. The number of aromatic hydroxyl groups is 1. The van der Waals surface area contributed by atoms with Gasteiger partial charge in [0, 0.05) is 29.8 Å². The topological polar surface area (TPSA) is 81.5 Å². The minimum atomic E-state index is -4.53. The van der Waals surface area contributed by atoms with Crippen molar-refractivity contribution in [2.24, 2.45) is 0 Å². The molecule has 2 atom stereocenters. The SMILES string of the molecule is CN1Cc2c(N[C@@H]3CCCC[C@H]3O)nnc(-c3ccc(C(F)(F)F)cc3O)c2C1. The molecule has 0 unspecified atom stereocenters. The van der Waals surface area contributed by atoms with Gasteiger partial charge in [0.1, 0.15) is 11.4 Å². The molecule has 1 aliphatic carbocycles. The van der Waals surface area contributed by atoms with Crippen molar-refractivity contribution in [2.45, 2.75) is 57.1 Å². The molecule has 3 N–H and O–H groups in total. The van der Waals surface area contributed by atoms with Crippen LogP contribution in [0.4, 0.5) is 19.0 Å². The molecule has 156 valence electrons. The van der Waals surface area contributed by atoms with Gasteiger partial charge < -0.3 is 15.5 Å². The first kappa shape index (κ1) is 19.9. The second kappa shape index (κ2) is 7.46. The van der Waals surface area contributed by atoms with E-state index in [2.05, 4.69) is 15.5 Å². The van der Waals surface area contributed by atoms with Gasteiger partial charge in [0.2, 0.25) is 0 Å². The summed E-state index contributed by atoms with van der Waals surface area (Å²) in [5.74, 6) is 0.111. The maximum absolute atomic E-state index is 12.9. The number of fused-ring (bicyclic) bond motifs is 1. The van der Waals surface area contributed by atoms with Crippen molar-refractivity contribution >= 4 is 5.82 Å². The highest BCUT2D eigenvalue weighted by Crippen LogP contribution is 2.40. The molecule has 0 bridgehead atoms. The lowest BCUT2D eigenvalue weighted by Gasteiger charge is -2.29. The van der Waals surface area contributed by atoms with Gasteiger partial charge in [0.15, 0.2) is 5.82 Å². The molecule has 1 aromatic heterocycles. The predicted molar refractivity (Wildman–Crippen MR) is 101 cm³/mol. The number of halogens is 3. The molecular formula is C20H23F3N4O2. The fraction of sp³-hybridized carbons (Fsp3) is 0.500. The number of aliphatic hydroxyl groups excluding tert-OH is 1. The molecular weight excluding hydrogens is 385 g/mol. The summed E-state index contributed by atoms with van der Waals surface area (Å²) in [5.41, 5.74) is 1.41. The highest BCUT2D eigenvalue weighted by atomic mass is 19.4. The second-order valence-electron chi connectivity index (χ2n) is 7.86. The first-order chi connectivity index (χ1) is 13.7. The van der Waals surface area contributed by atoms with Crippen molar-refractivity contribution in [3.05, 3.63) is 34.9 Å². The van der Waals surface area contributed by atoms with Crippen molar-refractivity contribution in [3.8, 4) is 17.0 Å². The van der Waals surface area contributed by atoms with Crippen LogP contribution in [-0.4, -0.2) is 44.5 Å². The van der Waals surface area contributed by atoms with Crippen LogP contribution in [0.15, 0.2) is 18.2 Å². The quantitative estimate of drug-likeness (QED) is 0.721. The van der Waals surface area contributed by atoms with E-state index in [0.717, 1.165) is 42.9 Å². The van der Waals surface area contributed by atoms with Crippen LogP contribution in [0.1, 0.15) is 42.4 Å². The smallest absolute Gasteiger partial charge is 0.416 e. The van der Waals surface area contributed by atoms with Crippen molar-refractivity contribution in [3.63, 3.8) is 0 Å². The molecule has 29 heavy (non-hydrogen) atoms. The van der Waals surface area contributed by atoms with Gasteiger partial charge in [-0.3, -0.25) is 4.90 Å². The second-order valence-corrected chi connectivity index (χ2v) is 7.86. The van der Waals surface area contributed by atoms with Gasteiger partial charge in [0.25, 0.3) is 0 Å². The van der Waals surface area contributed by atoms with E-state index in [0.29, 0.717) is 30.7 Å². The Bertz CT molecular complexity index is 919. The Morgan fingerprint density at radius 2 is 1.83 bits per heavy atom. The van der Waals surface area contributed by atoms with Crippen molar-refractivity contribution in [2.75, 3.05) is 12.4 Å². The summed E-state index contributed by atoms with van der Waals surface area (Å²) < 4.78 is 38.7. The molecule has 0 saturated heterocycles. The lowest BCUT2D eigenvalue weighted by Crippen LogP contribution is -2.37. The van der Waals surface area contributed by atoms with Crippen LogP contribution in [-0.2, 0) is 19.3 Å². The highest BCUT2D eigenvalue weighted by Gasteiger charge is 2.33. The Morgan fingerprint density at radius 1 is 1.10 bits per heavy atom. The number of anilines is 1. The van der Waals surface area contributed by atoms with E-state index in [1.54, 1.807) is 0 Å². The standard InChI is InChI=1S/C20H23F3N4O2/c1-27-9-13-14(10-27)19(24-15-4-2-3-5-16(15)28)26-25-18(13)12-7-6-11(8-17(12)29)20(21,22)23/h6-8,15-16,28-29H,2-5,9-10H2,1H3,(H,24,26)/t15-,16-/m1/s1. The number of benzene rings is 1. The monoisotopic (exact) mass is 408 g/mol. The van der Waals surface area contributed by atoms with E-state index in [9.17, 15) is 23.4 Å². The van der Waals surface area contributed by atoms with Gasteiger partial charge in [-0.25, -0.2) is 0 Å². The number of nitrogens with one attached hydrogen (secondary N) is 1. The molecule has 0 amide bonds. The summed E-state index contributed by atoms with van der Waals surface area (Å²) in [4.78, 5) is 2.04. The van der Waals surface area contributed by atoms with Gasteiger partial charge in [-0.2, -0.15) is 13.2 Å². The van der Waals surface area contributed by atoms with Crippen LogP contribution < -0.4 is 5.32 Å². The summed E-state index contributed by atoms with van der Waals surface area (Å²) >= 11 is 0. The molecule has 9 heteroatoms. The van der Waals surface area contributed by atoms with E-state index >= 15 is 0 Å². The first-order valence-electron chi connectivity index (χ1n) is 9.66. The van der Waals surface area contributed by atoms with Gasteiger partial charge in [-0.1, -0.05) is 12.8 Å². The van der Waals surface area contributed by atoms with E-state index < -0.39 is 23.6 Å². The summed E-state index contributed by atoms with van der Waals surface area (Å²) in [6.45, 7) is 1.15. The number of aliphatic hydroxyl groups is 1. The largest absolute Gasteiger partial charge is 0.507 e. The molecule has 1 aliphatic heterocycles. The third-order valence-corrected chi connectivity index (χ3v) is 5.67. The van der Waals surface area contributed by atoms with E-state index in [1.165, 1.54) is 6.07 Å². The van der Waals surface area contributed by atoms with Crippen LogP contribution in [0, 0.1) is 0 Å².